The number of rotatable bonds is 9. The number of carbonyl (C=O) groups is 1. The largest absolute Gasteiger partial charge is 0.493 e. The highest BCUT2D eigenvalue weighted by molar-refractivity contribution is 7.22. The molecule has 3 aromatic carbocycles. The first-order valence-electron chi connectivity index (χ1n) is 11.3. The van der Waals surface area contributed by atoms with Crippen molar-refractivity contribution < 1.29 is 23.7 Å². The number of carbonyl (C=O) groups excluding carboxylic acids is 1. The lowest BCUT2D eigenvalue weighted by atomic mass is 10.1. The molecule has 0 bridgehead atoms. The second kappa shape index (κ2) is 11.1. The highest BCUT2D eigenvalue weighted by Gasteiger charge is 2.13. The predicted octanol–water partition coefficient (Wildman–Crippen LogP) is 6.13. The molecular formula is C28H28N2O5S. The Hall–Kier alpha value is -4.04. The van der Waals surface area contributed by atoms with Crippen LogP contribution in [0.2, 0.25) is 0 Å². The number of ether oxygens (including phenoxy) is 4. The van der Waals surface area contributed by atoms with Gasteiger partial charge in [-0.2, -0.15) is 0 Å². The van der Waals surface area contributed by atoms with Gasteiger partial charge in [-0.15, -0.1) is 0 Å². The first-order valence-corrected chi connectivity index (χ1v) is 12.1. The molecule has 36 heavy (non-hydrogen) atoms. The van der Waals surface area contributed by atoms with E-state index in [-0.39, 0.29) is 12.5 Å². The molecule has 0 aliphatic heterocycles. The van der Waals surface area contributed by atoms with Crippen LogP contribution in [0.1, 0.15) is 22.3 Å². The summed E-state index contributed by atoms with van der Waals surface area (Å²) < 4.78 is 23.1. The van der Waals surface area contributed by atoms with Crippen LogP contribution in [0.5, 0.6) is 23.0 Å². The third-order valence-electron chi connectivity index (χ3n) is 5.59. The summed E-state index contributed by atoms with van der Waals surface area (Å²) in [6, 6.07) is 15.6. The topological polar surface area (TPSA) is 78.9 Å². The Kier molecular flexibility index (Phi) is 7.75. The molecule has 0 fully saturated rings. The average molecular weight is 505 g/mol. The first kappa shape index (κ1) is 25.1. The number of benzene rings is 3. The van der Waals surface area contributed by atoms with Gasteiger partial charge in [0.05, 0.1) is 31.5 Å². The minimum Gasteiger partial charge on any atom is -0.493 e. The van der Waals surface area contributed by atoms with E-state index < -0.39 is 0 Å². The van der Waals surface area contributed by atoms with Gasteiger partial charge in [-0.25, -0.2) is 4.98 Å². The van der Waals surface area contributed by atoms with Crippen molar-refractivity contribution in [1.29, 1.82) is 0 Å². The predicted molar refractivity (Wildman–Crippen MR) is 145 cm³/mol. The van der Waals surface area contributed by atoms with E-state index in [1.54, 1.807) is 21.3 Å². The molecule has 0 aliphatic carbocycles. The zero-order chi connectivity index (χ0) is 25.7. The van der Waals surface area contributed by atoms with Crippen molar-refractivity contribution in [2.75, 3.05) is 33.3 Å². The molecule has 0 atom stereocenters. The van der Waals surface area contributed by atoms with Crippen LogP contribution in [0.15, 0.2) is 48.5 Å². The van der Waals surface area contributed by atoms with Crippen molar-refractivity contribution in [3.8, 4) is 23.0 Å². The summed E-state index contributed by atoms with van der Waals surface area (Å²) in [6.07, 6.45) is 3.90. The molecule has 0 spiro atoms. The van der Waals surface area contributed by atoms with Crippen LogP contribution >= 0.6 is 11.3 Å². The first-order chi connectivity index (χ1) is 17.4. The highest BCUT2D eigenvalue weighted by atomic mass is 32.1. The molecule has 1 heterocycles. The van der Waals surface area contributed by atoms with Crippen LogP contribution in [0.4, 0.5) is 5.13 Å². The Labute approximate surface area is 214 Å². The number of amides is 1. The molecule has 0 aliphatic rings. The van der Waals surface area contributed by atoms with Gasteiger partial charge in [0.1, 0.15) is 5.75 Å². The lowest BCUT2D eigenvalue weighted by Crippen LogP contribution is -2.20. The van der Waals surface area contributed by atoms with Gasteiger partial charge in [-0.1, -0.05) is 47.8 Å². The van der Waals surface area contributed by atoms with Gasteiger partial charge in [0.2, 0.25) is 5.75 Å². The van der Waals surface area contributed by atoms with Crippen molar-refractivity contribution in [3.63, 3.8) is 0 Å². The number of aromatic nitrogens is 1. The van der Waals surface area contributed by atoms with Crippen molar-refractivity contribution in [2.24, 2.45) is 0 Å². The highest BCUT2D eigenvalue weighted by Crippen LogP contribution is 2.38. The fraction of sp³-hybridized carbons (Fsp3) is 0.214. The second-order valence-electron chi connectivity index (χ2n) is 8.09. The maximum absolute atomic E-state index is 12.5. The van der Waals surface area contributed by atoms with E-state index in [0.29, 0.717) is 28.1 Å². The summed E-state index contributed by atoms with van der Waals surface area (Å²) >= 11 is 1.45. The fourth-order valence-electron chi connectivity index (χ4n) is 3.70. The van der Waals surface area contributed by atoms with Gasteiger partial charge in [-0.05, 0) is 60.4 Å². The number of thiazole rings is 1. The molecule has 4 rings (SSSR count). The van der Waals surface area contributed by atoms with Crippen LogP contribution in [-0.4, -0.2) is 38.8 Å². The average Bonchev–Trinajstić information content (AvgIpc) is 3.30. The van der Waals surface area contributed by atoms with E-state index in [1.165, 1.54) is 11.3 Å². The molecule has 7 nitrogen and oxygen atoms in total. The van der Waals surface area contributed by atoms with E-state index in [9.17, 15) is 4.79 Å². The summed E-state index contributed by atoms with van der Waals surface area (Å²) in [5, 5.41) is 3.40. The number of anilines is 1. The SMILES string of the molecule is COc1cc(/C=C\c2ccc(C)c(OCC(=O)Nc3nc4c(C)cccc4s3)c2)cc(OC)c1OC. The number of aryl methyl sites for hydroxylation is 2. The van der Waals surface area contributed by atoms with Crippen molar-refractivity contribution in [3.05, 3.63) is 70.8 Å². The molecule has 8 heteroatoms. The molecule has 1 aromatic heterocycles. The number of nitrogens with one attached hydrogen (secondary N) is 1. The zero-order valence-corrected chi connectivity index (χ0v) is 21.7. The summed E-state index contributed by atoms with van der Waals surface area (Å²) in [5.41, 5.74) is 4.72. The van der Waals surface area contributed by atoms with Gasteiger partial charge in [0.15, 0.2) is 23.2 Å². The third-order valence-corrected chi connectivity index (χ3v) is 6.53. The van der Waals surface area contributed by atoms with Gasteiger partial charge < -0.3 is 18.9 Å². The summed E-state index contributed by atoms with van der Waals surface area (Å²) in [6.45, 7) is 3.83. The Bertz CT molecular complexity index is 1400. The molecule has 0 radical (unpaired) electrons. The quantitative estimate of drug-likeness (QED) is 0.276. The number of fused-ring (bicyclic) bond motifs is 1. The lowest BCUT2D eigenvalue weighted by molar-refractivity contribution is -0.118. The molecular weight excluding hydrogens is 476 g/mol. The monoisotopic (exact) mass is 504 g/mol. The number of para-hydroxylation sites is 1. The fourth-order valence-corrected chi connectivity index (χ4v) is 4.66. The molecule has 4 aromatic rings. The van der Waals surface area contributed by atoms with Crippen molar-refractivity contribution in [2.45, 2.75) is 13.8 Å². The van der Waals surface area contributed by atoms with Gasteiger partial charge >= 0.3 is 0 Å². The van der Waals surface area contributed by atoms with Crippen LogP contribution in [0.25, 0.3) is 22.4 Å². The minimum atomic E-state index is -0.260. The molecule has 0 saturated carbocycles. The van der Waals surface area contributed by atoms with Gasteiger partial charge in [-0.3, -0.25) is 10.1 Å². The summed E-state index contributed by atoms with van der Waals surface area (Å²) in [5.74, 6) is 2.08. The Morgan fingerprint density at radius 1 is 0.889 bits per heavy atom. The zero-order valence-electron chi connectivity index (χ0n) is 20.9. The lowest BCUT2D eigenvalue weighted by Gasteiger charge is -2.13. The van der Waals surface area contributed by atoms with Crippen molar-refractivity contribution >= 4 is 44.7 Å². The standard InChI is InChI=1S/C28H28N2O5S/c1-17-9-10-19(11-12-20-14-22(32-3)27(34-5)23(15-20)33-4)13-21(17)35-16-25(31)29-28-30-26-18(2)7-6-8-24(26)36-28/h6-15H,16H2,1-5H3,(H,29,30,31)/b12-11-. The number of hydrogen-bond donors (Lipinski definition) is 1. The summed E-state index contributed by atoms with van der Waals surface area (Å²) in [4.78, 5) is 17.0. The normalized spacial score (nSPS) is 11.0. The summed E-state index contributed by atoms with van der Waals surface area (Å²) in [7, 11) is 4.74. The molecule has 186 valence electrons. The molecule has 0 unspecified atom stereocenters. The Morgan fingerprint density at radius 2 is 1.58 bits per heavy atom. The maximum Gasteiger partial charge on any atom is 0.264 e. The number of hydrogen-bond acceptors (Lipinski definition) is 7. The van der Waals surface area contributed by atoms with E-state index in [2.05, 4.69) is 10.3 Å². The minimum absolute atomic E-state index is 0.115. The number of methoxy groups -OCH3 is 3. The Morgan fingerprint density at radius 3 is 2.25 bits per heavy atom. The number of nitrogens with zero attached hydrogens (tertiary/aromatic N) is 1. The third kappa shape index (κ3) is 5.60. The molecule has 0 saturated heterocycles. The van der Waals surface area contributed by atoms with Crippen molar-refractivity contribution in [1.82, 2.24) is 4.98 Å². The smallest absolute Gasteiger partial charge is 0.264 e. The van der Waals surface area contributed by atoms with Crippen LogP contribution in [-0.2, 0) is 4.79 Å². The van der Waals surface area contributed by atoms with E-state index >= 15 is 0 Å². The van der Waals surface area contributed by atoms with Crippen LogP contribution in [0.3, 0.4) is 0 Å². The van der Waals surface area contributed by atoms with E-state index in [4.69, 9.17) is 18.9 Å². The van der Waals surface area contributed by atoms with E-state index in [1.807, 2.05) is 74.5 Å². The molecule has 1 amide bonds. The van der Waals surface area contributed by atoms with E-state index in [0.717, 1.165) is 32.5 Å². The van der Waals surface area contributed by atoms with Crippen LogP contribution in [0, 0.1) is 13.8 Å². The molecule has 1 N–H and O–H groups in total. The Balaban J connectivity index is 1.44. The van der Waals surface area contributed by atoms with Gasteiger partial charge in [0.25, 0.3) is 5.91 Å². The second-order valence-corrected chi connectivity index (χ2v) is 9.13. The maximum atomic E-state index is 12.5. The van der Waals surface area contributed by atoms with Crippen LogP contribution < -0.4 is 24.3 Å². The van der Waals surface area contributed by atoms with Gasteiger partial charge in [0, 0.05) is 0 Å².